The topological polar surface area (TPSA) is 20.3 Å². The van der Waals surface area contributed by atoms with Crippen LogP contribution in [0.1, 0.15) is 6.42 Å². The molecule has 0 N–H and O–H groups in total. The molecule has 1 aliphatic heterocycles. The molecule has 1 amide bonds. The third-order valence-corrected chi connectivity index (χ3v) is 1.67. The molecule has 0 bridgehead atoms. The Labute approximate surface area is 54.3 Å². The second kappa shape index (κ2) is 1.97. The fourth-order valence-electron chi connectivity index (χ4n) is 0.840. The zero-order valence-corrected chi connectivity index (χ0v) is 5.69. The zero-order chi connectivity index (χ0) is 6.15. The van der Waals surface area contributed by atoms with Crippen molar-refractivity contribution in [2.75, 3.05) is 13.6 Å². The summed E-state index contributed by atoms with van der Waals surface area (Å²) in [6.45, 7) is 0.807. The van der Waals surface area contributed by atoms with Crippen molar-refractivity contribution in [3.63, 3.8) is 0 Å². The number of hydrogen-bond acceptors (Lipinski definition) is 2. The van der Waals surface area contributed by atoms with Gasteiger partial charge in [-0.25, -0.2) is 0 Å². The Balaban J connectivity index is 2.51. The Morgan fingerprint density at radius 3 is 2.62 bits per heavy atom. The maximum absolute atomic E-state index is 10.7. The molecule has 0 spiro atoms. The van der Waals surface area contributed by atoms with E-state index in [1.807, 2.05) is 0 Å². The minimum Gasteiger partial charge on any atom is -0.345 e. The van der Waals surface area contributed by atoms with Gasteiger partial charge in [0, 0.05) is 25.3 Å². The van der Waals surface area contributed by atoms with Crippen molar-refractivity contribution < 1.29 is 4.79 Å². The first kappa shape index (κ1) is 5.95. The summed E-state index contributed by atoms with van der Waals surface area (Å²) in [7, 11) is 1.80. The molecule has 1 atom stereocenters. The van der Waals surface area contributed by atoms with E-state index in [0.29, 0.717) is 6.42 Å². The predicted octanol–water partition coefficient (Wildman–Crippen LogP) is 0.147. The monoisotopic (exact) mass is 131 g/mol. The van der Waals surface area contributed by atoms with Gasteiger partial charge >= 0.3 is 0 Å². The van der Waals surface area contributed by atoms with Gasteiger partial charge in [0.05, 0.1) is 0 Å². The van der Waals surface area contributed by atoms with Crippen LogP contribution in [0.2, 0.25) is 0 Å². The number of rotatable bonds is 0. The van der Waals surface area contributed by atoms with E-state index in [1.165, 1.54) is 0 Å². The van der Waals surface area contributed by atoms with Crippen molar-refractivity contribution >= 4 is 18.5 Å². The lowest BCUT2D eigenvalue weighted by atomic mass is 10.4. The van der Waals surface area contributed by atoms with E-state index < -0.39 is 0 Å². The molecule has 1 heterocycles. The summed E-state index contributed by atoms with van der Waals surface area (Å²) in [6, 6.07) is 0. The number of hydrogen-bond donors (Lipinski definition) is 1. The van der Waals surface area contributed by atoms with Crippen molar-refractivity contribution in [1.29, 1.82) is 0 Å². The maximum atomic E-state index is 10.7. The first-order valence-electron chi connectivity index (χ1n) is 2.62. The molecule has 3 heteroatoms. The zero-order valence-electron chi connectivity index (χ0n) is 4.79. The highest BCUT2D eigenvalue weighted by Gasteiger charge is 2.22. The molecular weight excluding hydrogens is 122 g/mol. The second-order valence-electron chi connectivity index (χ2n) is 2.13. The quantitative estimate of drug-likeness (QED) is 0.464. The average molecular weight is 131 g/mol. The van der Waals surface area contributed by atoms with Crippen LogP contribution < -0.4 is 0 Å². The van der Waals surface area contributed by atoms with Gasteiger partial charge in [0.15, 0.2) is 0 Å². The lowest BCUT2D eigenvalue weighted by Crippen LogP contribution is -2.18. The van der Waals surface area contributed by atoms with Gasteiger partial charge in [-0.2, -0.15) is 12.6 Å². The van der Waals surface area contributed by atoms with Gasteiger partial charge in [-0.3, -0.25) is 4.79 Å². The summed E-state index contributed by atoms with van der Waals surface area (Å²) < 4.78 is 0. The smallest absolute Gasteiger partial charge is 0.223 e. The SMILES string of the molecule is CN1C[C@H](S)CC1=O. The lowest BCUT2D eigenvalue weighted by molar-refractivity contribution is -0.126. The number of thiol groups is 1. The fourth-order valence-corrected chi connectivity index (χ4v) is 1.24. The van der Waals surface area contributed by atoms with E-state index in [9.17, 15) is 4.79 Å². The highest BCUT2D eigenvalue weighted by molar-refractivity contribution is 7.81. The number of carbonyl (C=O) groups excluding carboxylic acids is 1. The third kappa shape index (κ3) is 0.968. The summed E-state index contributed by atoms with van der Waals surface area (Å²) in [5.41, 5.74) is 0. The number of likely N-dealkylation sites (tertiary alicyclic amines) is 1. The van der Waals surface area contributed by atoms with Crippen molar-refractivity contribution in [1.82, 2.24) is 4.90 Å². The van der Waals surface area contributed by atoms with Gasteiger partial charge in [0.1, 0.15) is 0 Å². The molecule has 8 heavy (non-hydrogen) atoms. The van der Waals surface area contributed by atoms with Crippen molar-refractivity contribution in [3.05, 3.63) is 0 Å². The fraction of sp³-hybridized carbons (Fsp3) is 0.800. The first-order chi connectivity index (χ1) is 3.70. The summed E-state index contributed by atoms with van der Waals surface area (Å²) in [6.07, 6.45) is 0.611. The Hall–Kier alpha value is -0.180. The second-order valence-corrected chi connectivity index (χ2v) is 2.86. The number of carbonyl (C=O) groups is 1. The van der Waals surface area contributed by atoms with Crippen molar-refractivity contribution in [2.45, 2.75) is 11.7 Å². The van der Waals surface area contributed by atoms with E-state index in [1.54, 1.807) is 11.9 Å². The number of nitrogens with zero attached hydrogens (tertiary/aromatic N) is 1. The van der Waals surface area contributed by atoms with Crippen LogP contribution in [-0.2, 0) is 4.79 Å². The molecule has 0 aromatic rings. The molecule has 1 rings (SSSR count). The molecular formula is C5H9NOS. The van der Waals surface area contributed by atoms with Crippen LogP contribution in [0.25, 0.3) is 0 Å². The van der Waals surface area contributed by atoms with E-state index in [4.69, 9.17) is 0 Å². The molecule has 1 aliphatic rings. The Morgan fingerprint density at radius 1 is 1.88 bits per heavy atom. The van der Waals surface area contributed by atoms with Gasteiger partial charge in [0.2, 0.25) is 5.91 Å². The van der Waals surface area contributed by atoms with Crippen LogP contribution in [0.5, 0.6) is 0 Å². The van der Waals surface area contributed by atoms with Crippen molar-refractivity contribution in [2.24, 2.45) is 0 Å². The predicted molar refractivity (Wildman–Crippen MR) is 35.0 cm³/mol. The highest BCUT2D eigenvalue weighted by atomic mass is 32.1. The molecule has 46 valence electrons. The van der Waals surface area contributed by atoms with Crippen LogP contribution in [0, 0.1) is 0 Å². The van der Waals surface area contributed by atoms with Crippen LogP contribution in [0.4, 0.5) is 0 Å². The third-order valence-electron chi connectivity index (χ3n) is 1.32. The van der Waals surface area contributed by atoms with Crippen LogP contribution >= 0.6 is 12.6 Å². The first-order valence-corrected chi connectivity index (χ1v) is 3.14. The van der Waals surface area contributed by atoms with E-state index >= 15 is 0 Å². The molecule has 0 aromatic carbocycles. The Morgan fingerprint density at radius 2 is 2.50 bits per heavy atom. The Bertz CT molecular complexity index is 115. The average Bonchev–Trinajstić information content (AvgIpc) is 1.85. The molecule has 0 unspecified atom stereocenters. The van der Waals surface area contributed by atoms with Crippen molar-refractivity contribution in [3.8, 4) is 0 Å². The van der Waals surface area contributed by atoms with Crippen LogP contribution in [0.3, 0.4) is 0 Å². The van der Waals surface area contributed by atoms with Gasteiger partial charge in [-0.05, 0) is 0 Å². The lowest BCUT2D eigenvalue weighted by Gasteiger charge is -2.04. The molecule has 2 nitrogen and oxygen atoms in total. The molecule has 0 saturated carbocycles. The highest BCUT2D eigenvalue weighted by Crippen LogP contribution is 2.12. The molecule has 1 fully saturated rings. The van der Waals surface area contributed by atoms with Gasteiger partial charge in [-0.1, -0.05) is 0 Å². The standard InChI is InChI=1S/C5H9NOS/c1-6-3-4(8)2-5(6)7/h4,8H,2-3H2,1H3/t4-/m1/s1. The minimum atomic E-state index is 0.213. The normalized spacial score (nSPS) is 29.5. The largest absolute Gasteiger partial charge is 0.345 e. The number of amides is 1. The molecule has 0 aliphatic carbocycles. The van der Waals surface area contributed by atoms with Crippen LogP contribution in [-0.4, -0.2) is 29.6 Å². The van der Waals surface area contributed by atoms with Gasteiger partial charge < -0.3 is 4.90 Å². The summed E-state index contributed by atoms with van der Waals surface area (Å²) in [5.74, 6) is 0.213. The summed E-state index contributed by atoms with van der Waals surface area (Å²) >= 11 is 4.15. The summed E-state index contributed by atoms with van der Waals surface area (Å²) in [4.78, 5) is 12.4. The van der Waals surface area contributed by atoms with Crippen LogP contribution in [0.15, 0.2) is 0 Å². The summed E-state index contributed by atoms with van der Waals surface area (Å²) in [5, 5.41) is 0.271. The van der Waals surface area contributed by atoms with E-state index in [2.05, 4.69) is 12.6 Å². The molecule has 1 saturated heterocycles. The van der Waals surface area contributed by atoms with Gasteiger partial charge in [0.25, 0.3) is 0 Å². The molecule has 0 aromatic heterocycles. The Kier molecular flexibility index (Phi) is 1.47. The maximum Gasteiger partial charge on any atom is 0.223 e. The van der Waals surface area contributed by atoms with E-state index in [-0.39, 0.29) is 11.2 Å². The molecule has 0 radical (unpaired) electrons. The van der Waals surface area contributed by atoms with Gasteiger partial charge in [-0.15, -0.1) is 0 Å². The minimum absolute atomic E-state index is 0.213. The van der Waals surface area contributed by atoms with E-state index in [0.717, 1.165) is 6.54 Å².